The molecule has 1 aliphatic rings. The van der Waals surface area contributed by atoms with Gasteiger partial charge in [-0.15, -0.1) is 0 Å². The highest BCUT2D eigenvalue weighted by Gasteiger charge is 2.26. The summed E-state index contributed by atoms with van der Waals surface area (Å²) in [5, 5.41) is 19.4. The third-order valence-electron chi connectivity index (χ3n) is 5.07. The second-order valence-electron chi connectivity index (χ2n) is 6.99. The van der Waals surface area contributed by atoms with Crippen molar-refractivity contribution in [3.05, 3.63) is 47.4 Å². The summed E-state index contributed by atoms with van der Waals surface area (Å²) in [6, 6.07) is 3.49. The molecule has 0 radical (unpaired) electrons. The van der Waals surface area contributed by atoms with Crippen molar-refractivity contribution in [1.29, 1.82) is 0 Å². The monoisotopic (exact) mass is 419 g/mol. The van der Waals surface area contributed by atoms with Crippen molar-refractivity contribution in [3.63, 3.8) is 0 Å². The van der Waals surface area contributed by atoms with E-state index in [0.29, 0.717) is 18.5 Å². The molecule has 0 bridgehead atoms. The number of nitrogens with zero attached hydrogens (tertiary/aromatic N) is 2. The Hall–Kier alpha value is -2.85. The largest absolute Gasteiger partial charge is 0.393 e. The molecule has 1 amide bonds. The van der Waals surface area contributed by atoms with E-state index in [1.165, 1.54) is 12.3 Å². The Morgan fingerprint density at radius 1 is 1.24 bits per heavy atom. The normalized spacial score (nSPS) is 19.3. The van der Waals surface area contributed by atoms with Gasteiger partial charge in [0.05, 0.1) is 29.2 Å². The number of carbonyl (C=O) groups is 1. The molecule has 7 nitrogen and oxygen atoms in total. The van der Waals surface area contributed by atoms with Gasteiger partial charge in [-0.1, -0.05) is 17.4 Å². The maximum Gasteiger partial charge on any atom is 0.277 e. The van der Waals surface area contributed by atoms with E-state index >= 15 is 0 Å². The summed E-state index contributed by atoms with van der Waals surface area (Å²) in [5.74, 6) is -1.99. The Bertz CT molecular complexity index is 1020. The average Bonchev–Trinajstić information content (AvgIpc) is 3.29. The Morgan fingerprint density at radius 2 is 1.93 bits per heavy atom. The Morgan fingerprint density at radius 3 is 2.62 bits per heavy atom. The van der Waals surface area contributed by atoms with Gasteiger partial charge < -0.3 is 16.2 Å². The maximum atomic E-state index is 14.0. The molecular formula is C19H19F2N5O2S. The first-order valence-corrected chi connectivity index (χ1v) is 9.99. The highest BCUT2D eigenvalue weighted by molar-refractivity contribution is 7.19. The Labute approximate surface area is 169 Å². The van der Waals surface area contributed by atoms with Gasteiger partial charge in [0.25, 0.3) is 5.91 Å². The number of rotatable bonds is 4. The molecular weight excluding hydrogens is 400 g/mol. The zero-order valence-electron chi connectivity index (χ0n) is 15.3. The van der Waals surface area contributed by atoms with E-state index in [2.05, 4.69) is 20.5 Å². The maximum absolute atomic E-state index is 14.0. The average molecular weight is 419 g/mol. The molecule has 1 aromatic carbocycles. The lowest BCUT2D eigenvalue weighted by molar-refractivity contribution is 0.102. The third kappa shape index (κ3) is 3.85. The van der Waals surface area contributed by atoms with Crippen LogP contribution >= 0.6 is 11.3 Å². The number of amides is 1. The molecule has 2 aromatic heterocycles. The van der Waals surface area contributed by atoms with Gasteiger partial charge in [0.15, 0.2) is 5.69 Å². The number of nitrogens with two attached hydrogens (primary N) is 1. The van der Waals surface area contributed by atoms with Crippen molar-refractivity contribution in [2.24, 2.45) is 0 Å². The fourth-order valence-corrected chi connectivity index (χ4v) is 4.43. The summed E-state index contributed by atoms with van der Waals surface area (Å²) in [6.45, 7) is 0. The van der Waals surface area contributed by atoms with Crippen molar-refractivity contribution in [1.82, 2.24) is 15.2 Å². The first-order valence-electron chi connectivity index (χ1n) is 9.17. The highest BCUT2D eigenvalue weighted by Crippen LogP contribution is 2.36. The van der Waals surface area contributed by atoms with Gasteiger partial charge >= 0.3 is 0 Å². The van der Waals surface area contributed by atoms with Crippen LogP contribution in [0.25, 0.3) is 10.6 Å². The van der Waals surface area contributed by atoms with Crippen molar-refractivity contribution >= 4 is 27.9 Å². The summed E-state index contributed by atoms with van der Waals surface area (Å²) in [4.78, 5) is 16.8. The molecule has 0 aliphatic heterocycles. The van der Waals surface area contributed by atoms with Crippen molar-refractivity contribution in [2.45, 2.75) is 37.7 Å². The van der Waals surface area contributed by atoms with E-state index in [-0.39, 0.29) is 33.3 Å². The molecule has 1 aliphatic carbocycles. The molecule has 3 aromatic rings. The number of anilines is 2. The second-order valence-corrected chi connectivity index (χ2v) is 8.02. The van der Waals surface area contributed by atoms with Gasteiger partial charge in [0.1, 0.15) is 21.6 Å². The quantitative estimate of drug-likeness (QED) is 0.515. The van der Waals surface area contributed by atoms with E-state index in [9.17, 15) is 18.7 Å². The van der Waals surface area contributed by atoms with Crippen LogP contribution in [0.4, 0.5) is 19.5 Å². The zero-order valence-corrected chi connectivity index (χ0v) is 16.1. The molecule has 152 valence electrons. The van der Waals surface area contributed by atoms with Gasteiger partial charge in [-0.3, -0.25) is 9.89 Å². The molecule has 29 heavy (non-hydrogen) atoms. The molecule has 1 saturated carbocycles. The molecule has 0 saturated heterocycles. The van der Waals surface area contributed by atoms with Crippen LogP contribution in [0.5, 0.6) is 0 Å². The van der Waals surface area contributed by atoms with Crippen molar-refractivity contribution in [3.8, 4) is 10.6 Å². The number of aliphatic hydroxyl groups is 1. The lowest BCUT2D eigenvalue weighted by Crippen LogP contribution is -2.19. The minimum Gasteiger partial charge on any atom is -0.393 e. The first-order chi connectivity index (χ1) is 13.9. The molecule has 2 heterocycles. The minimum atomic E-state index is -0.776. The van der Waals surface area contributed by atoms with Crippen LogP contribution in [0.15, 0.2) is 24.4 Å². The standard InChI is InChI=1S/C19H19F2N5O2S/c20-11-2-1-3-12(21)14(11)19-25-16(17(22)29-19)18(28)24-13-8-23-26-15(13)9-4-6-10(27)7-5-9/h1-3,8-10,27H,4-7,22H2,(H,23,26)(H,24,28). The van der Waals surface area contributed by atoms with Gasteiger partial charge in [-0.25, -0.2) is 13.8 Å². The van der Waals surface area contributed by atoms with Crippen LogP contribution < -0.4 is 11.1 Å². The molecule has 0 unspecified atom stereocenters. The number of halogens is 2. The summed E-state index contributed by atoms with van der Waals surface area (Å²) in [5.41, 5.74) is 6.77. The molecule has 4 rings (SSSR count). The molecule has 0 spiro atoms. The van der Waals surface area contributed by atoms with Gasteiger partial charge in [-0.05, 0) is 37.8 Å². The summed E-state index contributed by atoms with van der Waals surface area (Å²) < 4.78 is 28.0. The fraction of sp³-hybridized carbons (Fsp3) is 0.316. The van der Waals surface area contributed by atoms with Gasteiger partial charge in [0.2, 0.25) is 0 Å². The van der Waals surface area contributed by atoms with Crippen LogP contribution in [-0.2, 0) is 0 Å². The number of nitrogen functional groups attached to an aromatic ring is 1. The predicted octanol–water partition coefficient (Wildman–Crippen LogP) is 3.66. The smallest absolute Gasteiger partial charge is 0.277 e. The number of H-pyrrole nitrogens is 1. The molecule has 5 N–H and O–H groups in total. The summed E-state index contributed by atoms with van der Waals surface area (Å²) in [6.07, 6.45) is 4.14. The number of aromatic amines is 1. The number of hydrogen-bond acceptors (Lipinski definition) is 6. The third-order valence-corrected chi connectivity index (χ3v) is 5.97. The van der Waals surface area contributed by atoms with Crippen molar-refractivity contribution < 1.29 is 18.7 Å². The fourth-order valence-electron chi connectivity index (χ4n) is 3.56. The summed E-state index contributed by atoms with van der Waals surface area (Å²) in [7, 11) is 0. The van der Waals surface area contributed by atoms with Crippen LogP contribution in [0, 0.1) is 11.6 Å². The second kappa shape index (κ2) is 7.88. The Kier molecular flexibility index (Phi) is 5.29. The number of nitrogens with one attached hydrogen (secondary N) is 2. The van der Waals surface area contributed by atoms with E-state index in [4.69, 9.17) is 5.73 Å². The van der Waals surface area contributed by atoms with Crippen LogP contribution in [0.1, 0.15) is 47.8 Å². The van der Waals surface area contributed by atoms with Crippen LogP contribution in [-0.4, -0.2) is 32.3 Å². The number of aliphatic hydroxyl groups excluding tert-OH is 1. The minimum absolute atomic E-state index is 0.00284. The van der Waals surface area contributed by atoms with Crippen LogP contribution in [0.3, 0.4) is 0 Å². The number of carbonyl (C=O) groups excluding carboxylic acids is 1. The first kappa shape index (κ1) is 19.5. The SMILES string of the molecule is Nc1sc(-c2c(F)cccc2F)nc1C(=O)Nc1cn[nH]c1C1CCC(O)CC1. The predicted molar refractivity (Wildman–Crippen MR) is 106 cm³/mol. The number of thiazole rings is 1. The lowest BCUT2D eigenvalue weighted by Gasteiger charge is -2.25. The number of aromatic nitrogens is 3. The molecule has 1 fully saturated rings. The Balaban J connectivity index is 1.56. The number of benzene rings is 1. The van der Waals surface area contributed by atoms with E-state index in [0.717, 1.165) is 42.0 Å². The lowest BCUT2D eigenvalue weighted by atomic mass is 9.85. The molecule has 10 heteroatoms. The molecule has 0 atom stereocenters. The van der Waals surface area contributed by atoms with E-state index in [1.54, 1.807) is 0 Å². The topological polar surface area (TPSA) is 117 Å². The highest BCUT2D eigenvalue weighted by atomic mass is 32.1. The van der Waals surface area contributed by atoms with E-state index in [1.807, 2.05) is 0 Å². The van der Waals surface area contributed by atoms with Crippen molar-refractivity contribution in [2.75, 3.05) is 11.1 Å². The number of hydrogen-bond donors (Lipinski definition) is 4. The summed E-state index contributed by atoms with van der Waals surface area (Å²) >= 11 is 0.844. The van der Waals surface area contributed by atoms with Crippen LogP contribution in [0.2, 0.25) is 0 Å². The van der Waals surface area contributed by atoms with Gasteiger partial charge in [0, 0.05) is 5.92 Å². The van der Waals surface area contributed by atoms with Gasteiger partial charge in [-0.2, -0.15) is 5.10 Å². The zero-order chi connectivity index (χ0) is 20.5. The van der Waals surface area contributed by atoms with E-state index < -0.39 is 17.5 Å².